The van der Waals surface area contributed by atoms with Gasteiger partial charge in [0.1, 0.15) is 0 Å². The topological polar surface area (TPSA) is 95.9 Å². The first-order valence-corrected chi connectivity index (χ1v) is 32.2. The number of carbonyl (C=O) groups is 2. The molecule has 1 amide bonds. The van der Waals surface area contributed by atoms with E-state index in [-0.39, 0.29) is 18.5 Å². The van der Waals surface area contributed by atoms with Crippen molar-refractivity contribution in [2.75, 3.05) is 13.2 Å². The van der Waals surface area contributed by atoms with Gasteiger partial charge in [0.15, 0.2) is 0 Å². The van der Waals surface area contributed by atoms with Crippen molar-refractivity contribution in [1.82, 2.24) is 5.32 Å². The molecule has 0 bridgehead atoms. The molecule has 424 valence electrons. The highest BCUT2D eigenvalue weighted by atomic mass is 16.5. The van der Waals surface area contributed by atoms with Crippen molar-refractivity contribution in [3.05, 3.63) is 36.5 Å². The van der Waals surface area contributed by atoms with E-state index in [4.69, 9.17) is 4.74 Å². The van der Waals surface area contributed by atoms with Crippen LogP contribution in [0.2, 0.25) is 0 Å². The van der Waals surface area contributed by atoms with Crippen molar-refractivity contribution >= 4 is 11.9 Å². The fourth-order valence-electron chi connectivity index (χ4n) is 10.0. The predicted octanol–water partition coefficient (Wildman–Crippen LogP) is 20.4. The highest BCUT2D eigenvalue weighted by Gasteiger charge is 2.20. The number of esters is 1. The van der Waals surface area contributed by atoms with Gasteiger partial charge in [-0.15, -0.1) is 0 Å². The molecule has 0 heterocycles. The second-order valence-corrected chi connectivity index (χ2v) is 22.1. The van der Waals surface area contributed by atoms with Crippen molar-refractivity contribution in [2.24, 2.45) is 0 Å². The predicted molar refractivity (Wildman–Crippen MR) is 315 cm³/mol. The van der Waals surface area contributed by atoms with E-state index in [9.17, 15) is 19.8 Å². The molecule has 72 heavy (non-hydrogen) atoms. The van der Waals surface area contributed by atoms with Crippen molar-refractivity contribution in [2.45, 2.75) is 360 Å². The maximum atomic E-state index is 12.5. The maximum Gasteiger partial charge on any atom is 0.305 e. The number of ether oxygens (including phenoxy) is 1. The molecular formula is C66H125NO5. The molecule has 0 radical (unpaired) electrons. The van der Waals surface area contributed by atoms with Gasteiger partial charge < -0.3 is 20.3 Å². The number of unbranched alkanes of at least 4 members (excludes halogenated alkanes) is 43. The van der Waals surface area contributed by atoms with Crippen LogP contribution in [0, 0.1) is 0 Å². The van der Waals surface area contributed by atoms with Gasteiger partial charge in [0.25, 0.3) is 0 Å². The van der Waals surface area contributed by atoms with Crippen molar-refractivity contribution in [1.29, 1.82) is 0 Å². The summed E-state index contributed by atoms with van der Waals surface area (Å²) in [7, 11) is 0. The zero-order chi connectivity index (χ0) is 52.2. The fraction of sp³-hybridized carbons (Fsp3) is 0.879. The number of hydrogen-bond acceptors (Lipinski definition) is 5. The molecule has 0 rings (SSSR count). The summed E-state index contributed by atoms with van der Waals surface area (Å²) in [6, 6.07) is -0.547. The van der Waals surface area contributed by atoms with Gasteiger partial charge in [-0.1, -0.05) is 301 Å². The molecule has 2 atom stereocenters. The molecule has 0 aliphatic carbocycles. The lowest BCUT2D eigenvalue weighted by molar-refractivity contribution is -0.143. The van der Waals surface area contributed by atoms with Gasteiger partial charge in [-0.2, -0.15) is 0 Å². The van der Waals surface area contributed by atoms with Crippen LogP contribution < -0.4 is 5.32 Å². The fourth-order valence-corrected chi connectivity index (χ4v) is 10.0. The normalized spacial score (nSPS) is 12.8. The van der Waals surface area contributed by atoms with Crippen LogP contribution in [0.5, 0.6) is 0 Å². The van der Waals surface area contributed by atoms with Crippen LogP contribution in [0.1, 0.15) is 348 Å². The molecule has 0 aromatic rings. The zero-order valence-corrected chi connectivity index (χ0v) is 48.4. The van der Waals surface area contributed by atoms with E-state index in [1.165, 1.54) is 263 Å². The molecule has 2 unspecified atom stereocenters. The number of rotatable bonds is 60. The van der Waals surface area contributed by atoms with Crippen molar-refractivity contribution < 1.29 is 24.5 Å². The summed E-state index contributed by atoms with van der Waals surface area (Å²) in [6.07, 6.45) is 77.4. The Morgan fingerprint density at radius 2 is 0.694 bits per heavy atom. The van der Waals surface area contributed by atoms with Crippen LogP contribution >= 0.6 is 0 Å². The third-order valence-electron chi connectivity index (χ3n) is 14.9. The Morgan fingerprint density at radius 1 is 0.389 bits per heavy atom. The lowest BCUT2D eigenvalue weighted by Crippen LogP contribution is -2.45. The number of aliphatic hydroxyl groups is 2. The third kappa shape index (κ3) is 57.4. The van der Waals surface area contributed by atoms with E-state index in [1.807, 2.05) is 0 Å². The Bertz CT molecular complexity index is 1170. The Kier molecular flexibility index (Phi) is 60.0. The largest absolute Gasteiger partial charge is 0.465 e. The Balaban J connectivity index is 3.45. The van der Waals surface area contributed by atoms with E-state index in [0.717, 1.165) is 51.4 Å². The standard InChI is InChI=1S/C66H125NO5/c1-3-5-7-9-11-13-15-17-19-20-21-25-28-31-34-38-42-46-50-54-58-64(69)63(62-68)67-65(70)59-55-51-47-43-39-35-32-29-26-23-22-24-27-30-33-37-41-45-49-53-57-61-72-66(71)60-56-52-48-44-40-36-18-16-14-12-10-8-6-4-2/h16,18,37,41,49,53,63-64,68-69H,3-15,17,19-36,38-40,42-48,50-52,54-62H2,1-2H3,(H,67,70)/b18-16-,41-37-,53-49-. The molecule has 0 aliphatic heterocycles. The van der Waals surface area contributed by atoms with Gasteiger partial charge in [0.2, 0.25) is 5.91 Å². The van der Waals surface area contributed by atoms with Gasteiger partial charge in [0, 0.05) is 12.8 Å². The lowest BCUT2D eigenvalue weighted by Gasteiger charge is -2.22. The third-order valence-corrected chi connectivity index (χ3v) is 14.9. The summed E-state index contributed by atoms with van der Waals surface area (Å²) in [5.74, 6) is -0.0803. The second-order valence-electron chi connectivity index (χ2n) is 22.1. The molecule has 0 aromatic carbocycles. The summed E-state index contributed by atoms with van der Waals surface area (Å²) < 4.78 is 5.41. The lowest BCUT2D eigenvalue weighted by atomic mass is 10.0. The average molecular weight is 1010 g/mol. The van der Waals surface area contributed by atoms with E-state index in [2.05, 4.69) is 55.6 Å². The van der Waals surface area contributed by atoms with E-state index >= 15 is 0 Å². The van der Waals surface area contributed by atoms with Gasteiger partial charge in [-0.05, 0) is 70.6 Å². The number of carbonyl (C=O) groups excluding carboxylic acids is 2. The molecular weight excluding hydrogens is 887 g/mol. The molecule has 3 N–H and O–H groups in total. The van der Waals surface area contributed by atoms with Crippen LogP contribution in [-0.4, -0.2) is 47.4 Å². The molecule has 0 spiro atoms. The molecule has 0 aromatic heterocycles. The minimum absolute atomic E-state index is 0.0369. The molecule has 0 saturated heterocycles. The molecule has 0 aliphatic rings. The molecule has 6 nitrogen and oxygen atoms in total. The SMILES string of the molecule is CCCCCCC/C=C\CCCCCCCC(=O)OCC/C=C\C/C=C\CCCCCCCCCCCCCCCCC(=O)NC(CO)C(O)CCCCCCCCCCCCCCCCCCCCCC. The second kappa shape index (κ2) is 61.6. The molecule has 0 saturated carbocycles. The first-order valence-electron chi connectivity index (χ1n) is 32.2. The van der Waals surface area contributed by atoms with Crippen LogP contribution in [0.4, 0.5) is 0 Å². The van der Waals surface area contributed by atoms with Gasteiger partial charge in [0.05, 0.1) is 25.4 Å². The summed E-state index contributed by atoms with van der Waals surface area (Å²) in [5.41, 5.74) is 0. The highest BCUT2D eigenvalue weighted by molar-refractivity contribution is 5.76. The van der Waals surface area contributed by atoms with E-state index in [1.54, 1.807) is 0 Å². The Morgan fingerprint density at radius 3 is 1.07 bits per heavy atom. The summed E-state index contributed by atoms with van der Waals surface area (Å²) in [6.45, 7) is 4.85. The summed E-state index contributed by atoms with van der Waals surface area (Å²) in [5, 5.41) is 23.4. The first-order chi connectivity index (χ1) is 35.5. The Hall–Kier alpha value is -1.92. The number of hydrogen-bond donors (Lipinski definition) is 3. The summed E-state index contributed by atoms with van der Waals surface area (Å²) >= 11 is 0. The smallest absolute Gasteiger partial charge is 0.305 e. The number of nitrogens with one attached hydrogen (secondary N) is 1. The zero-order valence-electron chi connectivity index (χ0n) is 48.4. The van der Waals surface area contributed by atoms with E-state index < -0.39 is 12.1 Å². The van der Waals surface area contributed by atoms with Crippen molar-refractivity contribution in [3.8, 4) is 0 Å². The Labute approximate surface area is 449 Å². The van der Waals surface area contributed by atoms with Crippen LogP contribution in [0.25, 0.3) is 0 Å². The highest BCUT2D eigenvalue weighted by Crippen LogP contribution is 2.18. The van der Waals surface area contributed by atoms with E-state index in [0.29, 0.717) is 25.9 Å². The van der Waals surface area contributed by atoms with Gasteiger partial charge >= 0.3 is 5.97 Å². The van der Waals surface area contributed by atoms with Crippen molar-refractivity contribution in [3.63, 3.8) is 0 Å². The quantitative estimate of drug-likeness (QED) is 0.0320. The number of amides is 1. The molecule has 0 fully saturated rings. The number of allylic oxidation sites excluding steroid dienone is 5. The summed E-state index contributed by atoms with van der Waals surface area (Å²) in [4.78, 5) is 24.5. The minimum atomic E-state index is -0.669. The van der Waals surface area contributed by atoms with Gasteiger partial charge in [-0.3, -0.25) is 9.59 Å². The molecule has 6 heteroatoms. The average Bonchev–Trinajstić information content (AvgIpc) is 3.38. The van der Waals surface area contributed by atoms with Crippen LogP contribution in [-0.2, 0) is 14.3 Å². The van der Waals surface area contributed by atoms with Gasteiger partial charge in [-0.25, -0.2) is 0 Å². The van der Waals surface area contributed by atoms with Crippen LogP contribution in [0.3, 0.4) is 0 Å². The first kappa shape index (κ1) is 70.1. The van der Waals surface area contributed by atoms with Crippen LogP contribution in [0.15, 0.2) is 36.5 Å². The number of aliphatic hydroxyl groups excluding tert-OH is 2. The maximum absolute atomic E-state index is 12.5. The monoisotopic (exact) mass is 1010 g/mol. The minimum Gasteiger partial charge on any atom is -0.465 e.